The van der Waals surface area contributed by atoms with E-state index in [1.54, 1.807) is 6.07 Å². The zero-order valence-corrected chi connectivity index (χ0v) is 11.3. The summed E-state index contributed by atoms with van der Waals surface area (Å²) in [5.41, 5.74) is 2.21. The summed E-state index contributed by atoms with van der Waals surface area (Å²) in [7, 11) is 0. The van der Waals surface area contributed by atoms with E-state index >= 15 is 0 Å². The summed E-state index contributed by atoms with van der Waals surface area (Å²) in [6.45, 7) is 3.90. The lowest BCUT2D eigenvalue weighted by Crippen LogP contribution is -2.31. The normalized spacial score (nSPS) is 15.4. The van der Waals surface area contributed by atoms with Crippen molar-refractivity contribution in [3.05, 3.63) is 22.9 Å². The van der Waals surface area contributed by atoms with E-state index in [0.29, 0.717) is 5.82 Å². The molecule has 1 aliphatic carbocycles. The van der Waals surface area contributed by atoms with Gasteiger partial charge in [0.05, 0.1) is 12.6 Å². The number of aromatic carboxylic acids is 1. The van der Waals surface area contributed by atoms with Crippen molar-refractivity contribution in [3.63, 3.8) is 0 Å². The molecule has 0 saturated heterocycles. The summed E-state index contributed by atoms with van der Waals surface area (Å²) < 4.78 is 0. The highest BCUT2D eigenvalue weighted by Crippen LogP contribution is 2.26. The Kier molecular flexibility index (Phi) is 4.04. The monoisotopic (exact) mass is 264 g/mol. The average Bonchev–Trinajstić information content (AvgIpc) is 2.81. The number of aryl methyl sites for hydroxylation is 2. The number of fused-ring (bicyclic) bond motifs is 1. The molecule has 2 rings (SSSR count). The van der Waals surface area contributed by atoms with Crippen LogP contribution in [0.15, 0.2) is 6.07 Å². The zero-order chi connectivity index (χ0) is 14.0. The third kappa shape index (κ3) is 2.87. The van der Waals surface area contributed by atoms with Crippen molar-refractivity contribution in [2.24, 2.45) is 5.92 Å². The third-order valence-electron chi connectivity index (χ3n) is 3.60. The number of pyridine rings is 1. The van der Waals surface area contributed by atoms with Crippen LogP contribution >= 0.6 is 0 Å². The molecule has 104 valence electrons. The number of carboxylic acid groups (broad SMARTS) is 1. The van der Waals surface area contributed by atoms with Crippen molar-refractivity contribution in [3.8, 4) is 0 Å². The number of aromatic nitrogens is 1. The van der Waals surface area contributed by atoms with Crippen molar-refractivity contribution < 1.29 is 15.0 Å². The molecule has 0 spiro atoms. The minimum absolute atomic E-state index is 0.0461. The molecule has 0 radical (unpaired) electrons. The maximum atomic E-state index is 11.3. The fourth-order valence-corrected chi connectivity index (χ4v) is 2.34. The van der Waals surface area contributed by atoms with Gasteiger partial charge in [-0.15, -0.1) is 0 Å². The minimum Gasteiger partial charge on any atom is -0.478 e. The summed E-state index contributed by atoms with van der Waals surface area (Å²) in [6, 6.07) is 1.53. The van der Waals surface area contributed by atoms with Gasteiger partial charge in [-0.3, -0.25) is 0 Å². The highest BCUT2D eigenvalue weighted by Gasteiger charge is 2.22. The Morgan fingerprint density at radius 2 is 2.21 bits per heavy atom. The fraction of sp³-hybridized carbons (Fsp3) is 0.571. The molecule has 0 saturated carbocycles. The number of carbonyl (C=O) groups is 1. The van der Waals surface area contributed by atoms with E-state index in [1.165, 1.54) is 0 Å². The maximum absolute atomic E-state index is 11.3. The molecule has 1 aromatic rings. The Labute approximate surface area is 112 Å². The van der Waals surface area contributed by atoms with E-state index in [4.69, 9.17) is 0 Å². The van der Waals surface area contributed by atoms with Gasteiger partial charge in [-0.2, -0.15) is 0 Å². The van der Waals surface area contributed by atoms with E-state index in [1.807, 2.05) is 13.8 Å². The predicted octanol–water partition coefficient (Wildman–Crippen LogP) is 1.70. The van der Waals surface area contributed by atoms with Gasteiger partial charge in [0, 0.05) is 5.69 Å². The lowest BCUT2D eigenvalue weighted by Gasteiger charge is -2.22. The topological polar surface area (TPSA) is 82.5 Å². The van der Waals surface area contributed by atoms with Crippen LogP contribution in [0.4, 0.5) is 5.82 Å². The molecular weight excluding hydrogens is 244 g/mol. The number of nitrogens with one attached hydrogen (secondary N) is 1. The van der Waals surface area contributed by atoms with Gasteiger partial charge in [-0.1, -0.05) is 13.8 Å². The number of anilines is 1. The molecule has 1 aliphatic rings. The number of rotatable bonds is 5. The molecule has 0 unspecified atom stereocenters. The Morgan fingerprint density at radius 1 is 1.47 bits per heavy atom. The number of hydrogen-bond acceptors (Lipinski definition) is 4. The van der Waals surface area contributed by atoms with Crippen LogP contribution in [0.1, 0.15) is 41.9 Å². The van der Waals surface area contributed by atoms with E-state index < -0.39 is 5.97 Å². The molecule has 5 heteroatoms. The first kappa shape index (κ1) is 13.8. The number of aliphatic hydroxyl groups excluding tert-OH is 1. The molecule has 5 nitrogen and oxygen atoms in total. The first-order valence-corrected chi connectivity index (χ1v) is 6.66. The third-order valence-corrected chi connectivity index (χ3v) is 3.60. The van der Waals surface area contributed by atoms with Crippen LogP contribution < -0.4 is 5.32 Å². The molecular formula is C14H20N2O3. The number of aliphatic hydroxyl groups is 1. The average molecular weight is 264 g/mol. The second-order valence-corrected chi connectivity index (χ2v) is 5.33. The molecule has 1 heterocycles. The molecule has 0 aromatic carbocycles. The summed E-state index contributed by atoms with van der Waals surface area (Å²) in [5.74, 6) is -0.409. The SMILES string of the molecule is CC(C)[C@@H](CO)Nc1nc2c(cc1C(=O)O)CCC2. The van der Waals surface area contributed by atoms with Gasteiger partial charge in [0.1, 0.15) is 11.4 Å². The fourth-order valence-electron chi connectivity index (χ4n) is 2.34. The van der Waals surface area contributed by atoms with Gasteiger partial charge in [0.15, 0.2) is 0 Å². The van der Waals surface area contributed by atoms with Crippen molar-refractivity contribution in [2.75, 3.05) is 11.9 Å². The van der Waals surface area contributed by atoms with Crippen LogP contribution in [0.5, 0.6) is 0 Å². The molecule has 0 amide bonds. The van der Waals surface area contributed by atoms with Crippen molar-refractivity contribution in [1.29, 1.82) is 0 Å². The van der Waals surface area contributed by atoms with Crippen molar-refractivity contribution in [1.82, 2.24) is 4.98 Å². The molecule has 0 aliphatic heterocycles. The second-order valence-electron chi connectivity index (χ2n) is 5.33. The maximum Gasteiger partial charge on any atom is 0.339 e. The highest BCUT2D eigenvalue weighted by atomic mass is 16.4. The van der Waals surface area contributed by atoms with Crippen molar-refractivity contribution >= 4 is 11.8 Å². The van der Waals surface area contributed by atoms with Crippen LogP contribution in [-0.4, -0.2) is 33.8 Å². The Balaban J connectivity index is 2.35. The van der Waals surface area contributed by atoms with Crippen LogP contribution in [0.3, 0.4) is 0 Å². The lowest BCUT2D eigenvalue weighted by atomic mass is 10.0. The molecule has 3 N–H and O–H groups in total. The molecule has 1 atom stereocenters. The van der Waals surface area contributed by atoms with E-state index in [0.717, 1.165) is 30.5 Å². The van der Waals surface area contributed by atoms with Crippen LogP contribution in [-0.2, 0) is 12.8 Å². The Bertz CT molecular complexity index is 486. The summed E-state index contributed by atoms with van der Waals surface area (Å²) in [5, 5.41) is 21.7. The summed E-state index contributed by atoms with van der Waals surface area (Å²) >= 11 is 0. The van der Waals surface area contributed by atoms with Gasteiger partial charge in [-0.05, 0) is 36.8 Å². The molecule has 1 aromatic heterocycles. The van der Waals surface area contributed by atoms with E-state index in [9.17, 15) is 15.0 Å². The van der Waals surface area contributed by atoms with Gasteiger partial charge >= 0.3 is 5.97 Å². The van der Waals surface area contributed by atoms with Gasteiger partial charge in [0.2, 0.25) is 0 Å². The lowest BCUT2D eigenvalue weighted by molar-refractivity contribution is 0.0697. The quantitative estimate of drug-likeness (QED) is 0.754. The summed E-state index contributed by atoms with van der Waals surface area (Å²) in [4.78, 5) is 15.8. The standard InChI is InChI=1S/C14H20N2O3/c1-8(2)12(7-17)16-13-10(14(18)19)6-9-4-3-5-11(9)15-13/h6,8,12,17H,3-5,7H2,1-2H3,(H,15,16)(H,18,19)/t12-/m1/s1. The van der Waals surface area contributed by atoms with Crippen LogP contribution in [0.25, 0.3) is 0 Å². The van der Waals surface area contributed by atoms with Crippen molar-refractivity contribution in [2.45, 2.75) is 39.2 Å². The summed E-state index contributed by atoms with van der Waals surface area (Å²) in [6.07, 6.45) is 2.82. The van der Waals surface area contributed by atoms with Gasteiger partial charge < -0.3 is 15.5 Å². The molecule has 0 fully saturated rings. The number of hydrogen-bond donors (Lipinski definition) is 3. The van der Waals surface area contributed by atoms with Gasteiger partial charge in [-0.25, -0.2) is 9.78 Å². The van der Waals surface area contributed by atoms with Gasteiger partial charge in [0.25, 0.3) is 0 Å². The molecule has 0 bridgehead atoms. The smallest absolute Gasteiger partial charge is 0.339 e. The molecule has 19 heavy (non-hydrogen) atoms. The number of carboxylic acids is 1. The number of nitrogens with zero attached hydrogens (tertiary/aromatic N) is 1. The van der Waals surface area contributed by atoms with Crippen LogP contribution in [0.2, 0.25) is 0 Å². The first-order chi connectivity index (χ1) is 9.02. The van der Waals surface area contributed by atoms with E-state index in [-0.39, 0.29) is 24.1 Å². The Hall–Kier alpha value is -1.62. The second kappa shape index (κ2) is 5.57. The first-order valence-electron chi connectivity index (χ1n) is 6.66. The Morgan fingerprint density at radius 3 is 2.79 bits per heavy atom. The van der Waals surface area contributed by atoms with E-state index in [2.05, 4.69) is 10.3 Å². The largest absolute Gasteiger partial charge is 0.478 e. The minimum atomic E-state index is -0.981. The van der Waals surface area contributed by atoms with Crippen LogP contribution in [0, 0.1) is 5.92 Å². The predicted molar refractivity (Wildman–Crippen MR) is 72.6 cm³/mol. The zero-order valence-electron chi connectivity index (χ0n) is 11.3. The highest BCUT2D eigenvalue weighted by molar-refractivity contribution is 5.93.